The summed E-state index contributed by atoms with van der Waals surface area (Å²) >= 11 is 0. The van der Waals surface area contributed by atoms with Crippen molar-refractivity contribution in [2.24, 2.45) is 0 Å². The number of hydrogen-bond donors (Lipinski definition) is 0. The predicted molar refractivity (Wildman–Crippen MR) is 51.1 cm³/mol. The largest absolute Gasteiger partial charge is 0.103 e. The van der Waals surface area contributed by atoms with Gasteiger partial charge in [0.1, 0.15) is 0 Å². The van der Waals surface area contributed by atoms with Gasteiger partial charge in [-0.25, -0.2) is 0 Å². The number of hydrogen-bond acceptors (Lipinski definition) is 0. The van der Waals surface area contributed by atoms with Crippen molar-refractivity contribution in [3.05, 3.63) is 6.42 Å². The Morgan fingerprint density at radius 2 is 1.82 bits per heavy atom. The second kappa shape index (κ2) is 9.56. The maximum absolute atomic E-state index is 3.11. The maximum Gasteiger partial charge on any atom is 0.0309 e. The summed E-state index contributed by atoms with van der Waals surface area (Å²) in [4.78, 5) is 0. The minimum atomic E-state index is 1.08. The molecule has 0 spiro atoms. The maximum atomic E-state index is 3.11. The fraction of sp³-hybridized carbons (Fsp3) is 0.727. The highest BCUT2D eigenvalue weighted by Gasteiger charge is 1.85. The fourth-order valence-corrected chi connectivity index (χ4v) is 0.991. The van der Waals surface area contributed by atoms with Crippen LogP contribution < -0.4 is 0 Å². The van der Waals surface area contributed by atoms with Crippen LogP contribution in [0.2, 0.25) is 0 Å². The first-order valence-corrected chi connectivity index (χ1v) is 4.68. The highest BCUT2D eigenvalue weighted by molar-refractivity contribution is 5.07. The summed E-state index contributed by atoms with van der Waals surface area (Å²) in [7, 11) is 0. The molecule has 0 saturated heterocycles. The minimum absolute atomic E-state index is 1.08. The fourth-order valence-electron chi connectivity index (χ4n) is 0.991. The van der Waals surface area contributed by atoms with E-state index in [9.17, 15) is 0 Å². The summed E-state index contributed by atoms with van der Waals surface area (Å²) in [6.45, 7) is 4.22. The van der Waals surface area contributed by atoms with E-state index in [1.165, 1.54) is 32.1 Å². The molecule has 11 heavy (non-hydrogen) atoms. The molecule has 0 unspecified atom stereocenters. The van der Waals surface area contributed by atoms with Crippen LogP contribution in [0.4, 0.5) is 0 Å². The van der Waals surface area contributed by atoms with E-state index < -0.39 is 0 Å². The van der Waals surface area contributed by atoms with Gasteiger partial charge in [0.2, 0.25) is 0 Å². The molecule has 0 atom stereocenters. The molecule has 1 radical (unpaired) electrons. The Balaban J connectivity index is 2.90. The van der Waals surface area contributed by atoms with E-state index in [0.717, 1.165) is 6.42 Å². The molecule has 0 heterocycles. The zero-order valence-electron chi connectivity index (χ0n) is 7.82. The van der Waals surface area contributed by atoms with Crippen LogP contribution in [0.5, 0.6) is 0 Å². The lowest BCUT2D eigenvalue weighted by molar-refractivity contribution is 0.641. The molecule has 0 fully saturated rings. The predicted octanol–water partition coefficient (Wildman–Crippen LogP) is 3.57. The number of unbranched alkanes of at least 4 members (excludes halogenated alkanes) is 5. The topological polar surface area (TPSA) is 0 Å². The van der Waals surface area contributed by atoms with Gasteiger partial charge in [-0.15, -0.1) is 5.92 Å². The molecule has 0 amide bonds. The first-order valence-electron chi connectivity index (χ1n) is 4.68. The van der Waals surface area contributed by atoms with Gasteiger partial charge in [0, 0.05) is 12.8 Å². The summed E-state index contributed by atoms with van der Waals surface area (Å²) in [5.41, 5.74) is 0. The Morgan fingerprint density at radius 1 is 1.09 bits per heavy atom. The Kier molecular flexibility index (Phi) is 9.18. The lowest BCUT2D eigenvalue weighted by Gasteiger charge is -1.94. The summed E-state index contributed by atoms with van der Waals surface area (Å²) in [5.74, 6) is 6.07. The van der Waals surface area contributed by atoms with E-state index in [-0.39, 0.29) is 0 Å². The molecular weight excluding hydrogens is 132 g/mol. The highest BCUT2D eigenvalue weighted by Crippen LogP contribution is 2.03. The van der Waals surface area contributed by atoms with E-state index in [1.54, 1.807) is 0 Å². The third kappa shape index (κ3) is 9.56. The standard InChI is InChI=1S/C11H19/c1-3-5-7-9-11-10-8-6-4-2/h3H,4,6,8-11H2,1-2H3. The van der Waals surface area contributed by atoms with Gasteiger partial charge in [-0.2, -0.15) is 0 Å². The molecule has 0 rings (SSSR count). The normalized spacial score (nSPS) is 8.91. The Bertz CT molecular complexity index is 114. The molecule has 0 aromatic heterocycles. The molecule has 0 aromatic rings. The van der Waals surface area contributed by atoms with Gasteiger partial charge in [-0.1, -0.05) is 45.5 Å². The molecule has 0 aromatic carbocycles. The Labute approximate surface area is 71.4 Å². The van der Waals surface area contributed by atoms with Crippen molar-refractivity contribution < 1.29 is 0 Å². The minimum Gasteiger partial charge on any atom is -0.103 e. The molecule has 0 bridgehead atoms. The second-order valence-electron chi connectivity index (χ2n) is 2.77. The van der Waals surface area contributed by atoms with E-state index >= 15 is 0 Å². The highest BCUT2D eigenvalue weighted by atomic mass is 13.9. The molecule has 0 nitrogen and oxygen atoms in total. The zero-order valence-corrected chi connectivity index (χ0v) is 7.82. The summed E-state index contributed by atoms with van der Waals surface area (Å²) in [5, 5.41) is 0. The quantitative estimate of drug-likeness (QED) is 0.416. The Hall–Kier alpha value is -0.440. The van der Waals surface area contributed by atoms with Crippen LogP contribution in [0.25, 0.3) is 0 Å². The molecule has 63 valence electrons. The van der Waals surface area contributed by atoms with E-state index in [2.05, 4.69) is 18.8 Å². The van der Waals surface area contributed by atoms with Crippen LogP contribution in [0.1, 0.15) is 52.4 Å². The summed E-state index contributed by atoms with van der Waals surface area (Å²) < 4.78 is 0. The summed E-state index contributed by atoms with van der Waals surface area (Å²) in [6, 6.07) is 0. The average molecular weight is 151 g/mol. The smallest absolute Gasteiger partial charge is 0.0309 e. The van der Waals surface area contributed by atoms with Gasteiger partial charge in [-0.05, 0) is 6.42 Å². The van der Waals surface area contributed by atoms with Crippen LogP contribution >= 0.6 is 0 Å². The van der Waals surface area contributed by atoms with Crippen molar-refractivity contribution >= 4 is 0 Å². The summed E-state index contributed by atoms with van der Waals surface area (Å²) in [6.07, 6.45) is 9.71. The van der Waals surface area contributed by atoms with Crippen molar-refractivity contribution in [3.8, 4) is 11.8 Å². The molecule has 0 N–H and O–H groups in total. The molecule has 0 aliphatic carbocycles. The van der Waals surface area contributed by atoms with Crippen molar-refractivity contribution in [1.82, 2.24) is 0 Å². The van der Waals surface area contributed by atoms with Gasteiger partial charge in [0.05, 0.1) is 0 Å². The third-order valence-electron chi connectivity index (χ3n) is 1.65. The second-order valence-corrected chi connectivity index (χ2v) is 2.77. The SMILES string of the molecule is C[CH]C#CCCCCCCC. The van der Waals surface area contributed by atoms with Crippen molar-refractivity contribution in [2.75, 3.05) is 0 Å². The van der Waals surface area contributed by atoms with Gasteiger partial charge < -0.3 is 0 Å². The van der Waals surface area contributed by atoms with Gasteiger partial charge in [0.15, 0.2) is 0 Å². The zero-order chi connectivity index (χ0) is 8.36. The monoisotopic (exact) mass is 151 g/mol. The van der Waals surface area contributed by atoms with Gasteiger partial charge in [0.25, 0.3) is 0 Å². The molecular formula is C11H19. The van der Waals surface area contributed by atoms with Gasteiger partial charge >= 0.3 is 0 Å². The van der Waals surface area contributed by atoms with Crippen molar-refractivity contribution in [2.45, 2.75) is 52.4 Å². The third-order valence-corrected chi connectivity index (χ3v) is 1.65. The molecule has 0 heteroatoms. The lowest BCUT2D eigenvalue weighted by Crippen LogP contribution is -1.75. The lowest BCUT2D eigenvalue weighted by atomic mass is 10.1. The van der Waals surface area contributed by atoms with E-state index in [0.29, 0.717) is 0 Å². The first-order chi connectivity index (χ1) is 5.41. The molecule has 0 aliphatic heterocycles. The van der Waals surface area contributed by atoms with Crippen molar-refractivity contribution in [3.63, 3.8) is 0 Å². The van der Waals surface area contributed by atoms with Crippen molar-refractivity contribution in [1.29, 1.82) is 0 Å². The van der Waals surface area contributed by atoms with Crippen LogP contribution in [-0.4, -0.2) is 0 Å². The first kappa shape index (κ1) is 10.6. The van der Waals surface area contributed by atoms with Crippen LogP contribution in [0.15, 0.2) is 0 Å². The van der Waals surface area contributed by atoms with E-state index in [4.69, 9.17) is 0 Å². The average Bonchev–Trinajstić information content (AvgIpc) is 2.03. The molecule has 0 aliphatic rings. The Morgan fingerprint density at radius 3 is 2.45 bits per heavy atom. The van der Waals surface area contributed by atoms with Crippen LogP contribution in [0.3, 0.4) is 0 Å². The van der Waals surface area contributed by atoms with Crippen LogP contribution in [-0.2, 0) is 0 Å². The van der Waals surface area contributed by atoms with E-state index in [1.807, 2.05) is 13.3 Å². The molecule has 0 saturated carbocycles. The number of rotatable bonds is 5. The van der Waals surface area contributed by atoms with Gasteiger partial charge in [-0.3, -0.25) is 0 Å². The van der Waals surface area contributed by atoms with Crippen LogP contribution in [0, 0.1) is 18.3 Å².